The van der Waals surface area contributed by atoms with Crippen LogP contribution in [0.1, 0.15) is 25.7 Å². The van der Waals surface area contributed by atoms with Crippen molar-refractivity contribution in [3.63, 3.8) is 0 Å². The van der Waals surface area contributed by atoms with Crippen molar-refractivity contribution in [2.75, 3.05) is 5.32 Å². The van der Waals surface area contributed by atoms with Crippen LogP contribution in [-0.2, 0) is 14.8 Å². The quantitative estimate of drug-likeness (QED) is 0.892. The van der Waals surface area contributed by atoms with E-state index in [1.807, 2.05) is 0 Å². The zero-order valence-corrected chi connectivity index (χ0v) is 12.2. The third kappa shape index (κ3) is 2.80. The highest BCUT2D eigenvalue weighted by Gasteiger charge is 2.43. The topological polar surface area (TPSA) is 89.3 Å². The van der Waals surface area contributed by atoms with Gasteiger partial charge in [-0.25, -0.2) is 17.9 Å². The van der Waals surface area contributed by atoms with Gasteiger partial charge in [-0.1, -0.05) is 6.42 Å². The van der Waals surface area contributed by atoms with Gasteiger partial charge in [0, 0.05) is 5.92 Å². The maximum absolute atomic E-state index is 13.7. The zero-order chi connectivity index (χ0) is 15.2. The lowest BCUT2D eigenvalue weighted by molar-refractivity contribution is -0.121. The van der Waals surface area contributed by atoms with E-state index in [2.05, 4.69) is 5.32 Å². The predicted molar refractivity (Wildman–Crippen MR) is 75.3 cm³/mol. The number of benzene rings is 1. The number of amides is 1. The molecule has 0 radical (unpaired) electrons. The van der Waals surface area contributed by atoms with Crippen LogP contribution in [0.15, 0.2) is 23.1 Å². The number of hydrogen-bond acceptors (Lipinski definition) is 3. The normalized spacial score (nSPS) is 27.8. The average molecular weight is 312 g/mol. The van der Waals surface area contributed by atoms with Crippen molar-refractivity contribution >= 4 is 21.6 Å². The second-order valence-electron chi connectivity index (χ2n) is 5.96. The van der Waals surface area contributed by atoms with E-state index in [0.717, 1.165) is 37.5 Å². The summed E-state index contributed by atoms with van der Waals surface area (Å²) in [6, 6.07) is 3.14. The number of anilines is 1. The second kappa shape index (κ2) is 5.06. The molecule has 2 bridgehead atoms. The number of rotatable bonds is 3. The van der Waals surface area contributed by atoms with E-state index in [9.17, 15) is 17.6 Å². The predicted octanol–water partition coefficient (Wildman–Crippen LogP) is 1.85. The molecule has 3 rings (SSSR count). The van der Waals surface area contributed by atoms with E-state index in [-0.39, 0.29) is 22.4 Å². The van der Waals surface area contributed by atoms with Crippen LogP contribution >= 0.6 is 0 Å². The van der Waals surface area contributed by atoms with E-state index >= 15 is 0 Å². The Hall–Kier alpha value is -1.47. The molecule has 3 N–H and O–H groups in total. The zero-order valence-electron chi connectivity index (χ0n) is 11.4. The fraction of sp³-hybridized carbons (Fsp3) is 0.500. The Morgan fingerprint density at radius 1 is 1.29 bits per heavy atom. The standard InChI is InChI=1S/C14H17FN2O3S/c15-12-4-3-10(21(16,19)20)7-13(12)17-14(18)11-6-8-1-2-9(11)5-8/h3-4,7-9,11H,1-2,5-6H2,(H,17,18)(H2,16,19,20). The van der Waals surface area contributed by atoms with Gasteiger partial charge in [-0.15, -0.1) is 0 Å². The number of primary sulfonamides is 1. The Kier molecular flexibility index (Phi) is 3.49. The largest absolute Gasteiger partial charge is 0.323 e. The minimum atomic E-state index is -3.92. The number of sulfonamides is 1. The Labute approximate surface area is 122 Å². The molecular weight excluding hydrogens is 295 g/mol. The molecule has 21 heavy (non-hydrogen) atoms. The fourth-order valence-corrected chi connectivity index (χ4v) is 4.11. The van der Waals surface area contributed by atoms with Crippen LogP contribution in [0.5, 0.6) is 0 Å². The number of nitrogens with two attached hydrogens (primary N) is 1. The average Bonchev–Trinajstić information content (AvgIpc) is 3.02. The van der Waals surface area contributed by atoms with Crippen molar-refractivity contribution in [1.82, 2.24) is 0 Å². The third-order valence-corrected chi connectivity index (χ3v) is 5.51. The van der Waals surface area contributed by atoms with Gasteiger partial charge >= 0.3 is 0 Å². The lowest BCUT2D eigenvalue weighted by atomic mass is 9.88. The van der Waals surface area contributed by atoms with Crippen LogP contribution in [0, 0.1) is 23.6 Å². The Morgan fingerprint density at radius 2 is 2.05 bits per heavy atom. The van der Waals surface area contributed by atoms with E-state index in [1.54, 1.807) is 0 Å². The van der Waals surface area contributed by atoms with E-state index in [4.69, 9.17) is 5.14 Å². The van der Waals surface area contributed by atoms with Crippen LogP contribution in [0.3, 0.4) is 0 Å². The van der Waals surface area contributed by atoms with Gasteiger partial charge < -0.3 is 5.32 Å². The highest BCUT2D eigenvalue weighted by Crippen LogP contribution is 2.48. The van der Waals surface area contributed by atoms with E-state index < -0.39 is 15.8 Å². The molecule has 0 saturated heterocycles. The molecule has 2 fully saturated rings. The Bertz CT molecular complexity index is 689. The first-order valence-corrected chi connectivity index (χ1v) is 8.52. The van der Waals surface area contributed by atoms with Gasteiger partial charge in [0.1, 0.15) is 5.82 Å². The Morgan fingerprint density at radius 3 is 2.62 bits per heavy atom. The summed E-state index contributed by atoms with van der Waals surface area (Å²) in [6.07, 6.45) is 4.12. The smallest absolute Gasteiger partial charge is 0.238 e. The van der Waals surface area contributed by atoms with Gasteiger partial charge in [0.05, 0.1) is 10.6 Å². The van der Waals surface area contributed by atoms with Gasteiger partial charge in [0.2, 0.25) is 15.9 Å². The molecule has 2 aliphatic rings. The van der Waals surface area contributed by atoms with Crippen LogP contribution in [-0.4, -0.2) is 14.3 Å². The van der Waals surface area contributed by atoms with Gasteiger partial charge in [-0.3, -0.25) is 4.79 Å². The highest BCUT2D eigenvalue weighted by atomic mass is 32.2. The molecule has 2 aliphatic carbocycles. The molecule has 1 aromatic carbocycles. The molecule has 0 aromatic heterocycles. The first-order valence-electron chi connectivity index (χ1n) is 6.98. The van der Waals surface area contributed by atoms with Gasteiger partial charge in [-0.05, 0) is 49.3 Å². The number of fused-ring (bicyclic) bond motifs is 2. The van der Waals surface area contributed by atoms with Gasteiger partial charge in [0.15, 0.2) is 0 Å². The molecule has 0 aliphatic heterocycles. The molecule has 3 unspecified atom stereocenters. The van der Waals surface area contributed by atoms with Crippen molar-refractivity contribution in [2.45, 2.75) is 30.6 Å². The van der Waals surface area contributed by atoms with E-state index in [1.165, 1.54) is 6.42 Å². The number of nitrogens with one attached hydrogen (secondary N) is 1. The summed E-state index contributed by atoms with van der Waals surface area (Å²) >= 11 is 0. The summed E-state index contributed by atoms with van der Waals surface area (Å²) in [7, 11) is -3.92. The molecule has 3 atom stereocenters. The van der Waals surface area contributed by atoms with Crippen molar-refractivity contribution in [3.05, 3.63) is 24.0 Å². The first kappa shape index (κ1) is 14.5. The van der Waals surface area contributed by atoms with Gasteiger partial charge in [-0.2, -0.15) is 0 Å². The lowest BCUT2D eigenvalue weighted by Crippen LogP contribution is -2.27. The van der Waals surface area contributed by atoms with Crippen molar-refractivity contribution in [3.8, 4) is 0 Å². The molecular formula is C14H17FN2O3S. The van der Waals surface area contributed by atoms with Crippen LogP contribution in [0.25, 0.3) is 0 Å². The monoisotopic (exact) mass is 312 g/mol. The number of hydrogen-bond donors (Lipinski definition) is 2. The second-order valence-corrected chi connectivity index (χ2v) is 7.52. The summed E-state index contributed by atoms with van der Waals surface area (Å²) in [5, 5.41) is 7.53. The summed E-state index contributed by atoms with van der Waals surface area (Å²) in [5.41, 5.74) is -0.130. The molecule has 7 heteroatoms. The summed E-state index contributed by atoms with van der Waals surface area (Å²) in [6.45, 7) is 0. The van der Waals surface area contributed by atoms with Crippen molar-refractivity contribution in [2.24, 2.45) is 22.9 Å². The molecule has 1 amide bonds. The first-order chi connectivity index (χ1) is 9.84. The van der Waals surface area contributed by atoms with Crippen molar-refractivity contribution < 1.29 is 17.6 Å². The SMILES string of the molecule is NS(=O)(=O)c1ccc(F)c(NC(=O)C2CC3CCC2C3)c1. The maximum Gasteiger partial charge on any atom is 0.238 e. The summed E-state index contributed by atoms with van der Waals surface area (Å²) in [5.74, 6) is -0.0151. The van der Waals surface area contributed by atoms with E-state index in [0.29, 0.717) is 11.8 Å². The highest BCUT2D eigenvalue weighted by molar-refractivity contribution is 7.89. The minimum Gasteiger partial charge on any atom is -0.323 e. The molecule has 2 saturated carbocycles. The molecule has 0 heterocycles. The summed E-state index contributed by atoms with van der Waals surface area (Å²) < 4.78 is 36.3. The molecule has 1 aromatic rings. The van der Waals surface area contributed by atoms with Crippen LogP contribution in [0.2, 0.25) is 0 Å². The third-order valence-electron chi connectivity index (χ3n) is 4.60. The minimum absolute atomic E-state index is 0.0960. The number of carbonyl (C=O) groups is 1. The Balaban J connectivity index is 1.80. The maximum atomic E-state index is 13.7. The summed E-state index contributed by atoms with van der Waals surface area (Å²) in [4.78, 5) is 12.0. The lowest BCUT2D eigenvalue weighted by Gasteiger charge is -2.21. The number of carbonyl (C=O) groups excluding carboxylic acids is 1. The molecule has 5 nitrogen and oxygen atoms in total. The molecule has 0 spiro atoms. The van der Waals surface area contributed by atoms with Crippen LogP contribution in [0.4, 0.5) is 10.1 Å². The van der Waals surface area contributed by atoms with Gasteiger partial charge in [0.25, 0.3) is 0 Å². The van der Waals surface area contributed by atoms with Crippen molar-refractivity contribution in [1.29, 1.82) is 0 Å². The molecule has 114 valence electrons. The van der Waals surface area contributed by atoms with Crippen LogP contribution < -0.4 is 10.5 Å². The fourth-order valence-electron chi connectivity index (χ4n) is 3.57. The number of halogens is 1.